The Labute approximate surface area is 160 Å². The monoisotopic (exact) mass is 366 g/mol. The average Bonchev–Trinajstić information content (AvgIpc) is 2.86. The molecule has 0 radical (unpaired) electrons. The van der Waals surface area contributed by atoms with Crippen molar-refractivity contribution in [1.29, 1.82) is 0 Å². The van der Waals surface area contributed by atoms with Crippen LogP contribution in [0.5, 0.6) is 5.75 Å². The number of piperidine rings is 1. The molecule has 0 amide bonds. The number of carboxylic acids is 1. The number of carboxylic acid groups (broad SMARTS) is 1. The van der Waals surface area contributed by atoms with Crippen molar-refractivity contribution < 1.29 is 14.6 Å². The van der Waals surface area contributed by atoms with Crippen LogP contribution in [0, 0.1) is 5.92 Å². The number of para-hydroxylation sites is 3. The van der Waals surface area contributed by atoms with Crippen molar-refractivity contribution in [3.63, 3.8) is 0 Å². The number of carbonyl (C=O) groups is 1. The molecule has 142 valence electrons. The Hall–Kier alpha value is -2.53. The summed E-state index contributed by atoms with van der Waals surface area (Å²) in [6.07, 6.45) is 2.76. The van der Waals surface area contributed by atoms with Crippen molar-refractivity contribution in [2.45, 2.75) is 25.9 Å². The molecule has 2 aliphatic heterocycles. The lowest BCUT2D eigenvalue weighted by molar-refractivity contribution is -0.143. The lowest BCUT2D eigenvalue weighted by Gasteiger charge is -2.32. The van der Waals surface area contributed by atoms with Crippen LogP contribution in [0.25, 0.3) is 0 Å². The Kier molecular flexibility index (Phi) is 5.30. The SMILES string of the molecule is O=C(O)[C@@H]1CCCN(CCCN2c3ccccc3COc3ccccc32)C1. The molecule has 27 heavy (non-hydrogen) atoms. The van der Waals surface area contributed by atoms with E-state index in [0.717, 1.165) is 50.3 Å². The number of rotatable bonds is 5. The second-order valence-corrected chi connectivity index (χ2v) is 7.37. The maximum Gasteiger partial charge on any atom is 0.307 e. The maximum absolute atomic E-state index is 11.3. The standard InChI is InChI=1S/C22H26N2O3/c25-22(26)17-8-5-12-23(15-17)13-6-14-24-19-9-2-1-7-18(19)16-27-21-11-4-3-10-20(21)24/h1-4,7,9-11,17H,5-6,8,12-16H2,(H,25,26)/t17-/m1/s1. The van der Waals surface area contributed by atoms with E-state index in [-0.39, 0.29) is 5.92 Å². The predicted molar refractivity (Wildman–Crippen MR) is 106 cm³/mol. The van der Waals surface area contributed by atoms with Gasteiger partial charge in [-0.1, -0.05) is 30.3 Å². The van der Waals surface area contributed by atoms with Crippen LogP contribution in [0.15, 0.2) is 48.5 Å². The molecular formula is C22H26N2O3. The maximum atomic E-state index is 11.3. The zero-order chi connectivity index (χ0) is 18.6. The third kappa shape index (κ3) is 3.93. The Balaban J connectivity index is 1.47. The second kappa shape index (κ2) is 8.01. The number of fused-ring (bicyclic) bond motifs is 2. The molecule has 2 aromatic rings. The molecule has 0 aromatic heterocycles. The molecule has 5 nitrogen and oxygen atoms in total. The Morgan fingerprint density at radius 2 is 1.85 bits per heavy atom. The van der Waals surface area contributed by atoms with E-state index in [9.17, 15) is 9.90 Å². The highest BCUT2D eigenvalue weighted by Crippen LogP contribution is 2.39. The minimum atomic E-state index is -0.660. The fourth-order valence-electron chi connectivity index (χ4n) is 4.14. The molecule has 2 aliphatic rings. The number of benzene rings is 2. The van der Waals surface area contributed by atoms with E-state index in [2.05, 4.69) is 40.1 Å². The first-order valence-corrected chi connectivity index (χ1v) is 9.75. The van der Waals surface area contributed by atoms with Crippen LogP contribution in [-0.2, 0) is 11.4 Å². The minimum Gasteiger partial charge on any atom is -0.487 e. The van der Waals surface area contributed by atoms with E-state index < -0.39 is 5.97 Å². The number of hydrogen-bond acceptors (Lipinski definition) is 4. The van der Waals surface area contributed by atoms with E-state index in [1.807, 2.05) is 18.2 Å². The third-order valence-electron chi connectivity index (χ3n) is 5.53. The van der Waals surface area contributed by atoms with Crippen LogP contribution in [0.3, 0.4) is 0 Å². The van der Waals surface area contributed by atoms with Crippen molar-refractivity contribution in [3.8, 4) is 5.75 Å². The molecule has 4 rings (SSSR count). The molecule has 5 heteroatoms. The lowest BCUT2D eigenvalue weighted by atomic mass is 9.98. The van der Waals surface area contributed by atoms with Gasteiger partial charge in [-0.3, -0.25) is 4.79 Å². The van der Waals surface area contributed by atoms with Gasteiger partial charge in [-0.2, -0.15) is 0 Å². The normalized spacial score (nSPS) is 19.6. The summed E-state index contributed by atoms with van der Waals surface area (Å²) in [7, 11) is 0. The number of ether oxygens (including phenoxy) is 1. The molecule has 1 N–H and O–H groups in total. The first-order chi connectivity index (χ1) is 13.2. The van der Waals surface area contributed by atoms with Crippen molar-refractivity contribution in [2.24, 2.45) is 5.92 Å². The predicted octanol–water partition coefficient (Wildman–Crippen LogP) is 3.90. The minimum absolute atomic E-state index is 0.216. The molecular weight excluding hydrogens is 340 g/mol. The van der Waals surface area contributed by atoms with E-state index >= 15 is 0 Å². The number of anilines is 2. The highest BCUT2D eigenvalue weighted by Gasteiger charge is 2.26. The number of nitrogens with zero attached hydrogens (tertiary/aromatic N) is 2. The third-order valence-corrected chi connectivity index (χ3v) is 5.53. The second-order valence-electron chi connectivity index (χ2n) is 7.37. The molecule has 2 aromatic carbocycles. The fraction of sp³-hybridized carbons (Fsp3) is 0.409. The summed E-state index contributed by atoms with van der Waals surface area (Å²) in [6, 6.07) is 16.6. The van der Waals surface area contributed by atoms with Crippen molar-refractivity contribution >= 4 is 17.3 Å². The van der Waals surface area contributed by atoms with Crippen LogP contribution in [0.2, 0.25) is 0 Å². The van der Waals surface area contributed by atoms with Gasteiger partial charge in [-0.25, -0.2) is 0 Å². The zero-order valence-corrected chi connectivity index (χ0v) is 15.5. The van der Waals surface area contributed by atoms with Gasteiger partial charge in [0.05, 0.1) is 11.6 Å². The van der Waals surface area contributed by atoms with E-state index in [1.54, 1.807) is 0 Å². The molecule has 1 saturated heterocycles. The molecule has 1 fully saturated rings. The van der Waals surface area contributed by atoms with Crippen LogP contribution in [0.4, 0.5) is 11.4 Å². The summed E-state index contributed by atoms with van der Waals surface area (Å²) in [4.78, 5) is 15.9. The van der Waals surface area contributed by atoms with Crippen molar-refractivity contribution in [3.05, 3.63) is 54.1 Å². The molecule has 1 atom stereocenters. The van der Waals surface area contributed by atoms with Crippen LogP contribution < -0.4 is 9.64 Å². The van der Waals surface area contributed by atoms with Crippen LogP contribution in [-0.4, -0.2) is 42.2 Å². The highest BCUT2D eigenvalue weighted by molar-refractivity contribution is 5.72. The zero-order valence-electron chi connectivity index (χ0n) is 15.5. The largest absolute Gasteiger partial charge is 0.487 e. The molecule has 2 heterocycles. The van der Waals surface area contributed by atoms with Crippen molar-refractivity contribution in [2.75, 3.05) is 31.1 Å². The summed E-state index contributed by atoms with van der Waals surface area (Å²) in [5.74, 6) is 0.0385. The first kappa shape index (κ1) is 17.9. The molecule has 0 aliphatic carbocycles. The van der Waals surface area contributed by atoms with E-state index in [4.69, 9.17) is 4.74 Å². The summed E-state index contributed by atoms with van der Waals surface area (Å²) >= 11 is 0. The van der Waals surface area contributed by atoms with Crippen LogP contribution in [0.1, 0.15) is 24.8 Å². The number of aliphatic carboxylic acids is 1. The topological polar surface area (TPSA) is 53.0 Å². The Morgan fingerprint density at radius 3 is 2.70 bits per heavy atom. The van der Waals surface area contributed by atoms with Gasteiger partial charge in [-0.15, -0.1) is 0 Å². The van der Waals surface area contributed by atoms with Crippen molar-refractivity contribution in [1.82, 2.24) is 4.90 Å². The molecule has 0 saturated carbocycles. The number of hydrogen-bond donors (Lipinski definition) is 1. The number of likely N-dealkylation sites (tertiary alicyclic amines) is 1. The molecule has 0 bridgehead atoms. The lowest BCUT2D eigenvalue weighted by Crippen LogP contribution is -2.39. The van der Waals surface area contributed by atoms with Gasteiger partial charge in [-0.05, 0) is 50.6 Å². The van der Waals surface area contributed by atoms with Gasteiger partial charge >= 0.3 is 5.97 Å². The van der Waals surface area contributed by atoms with Gasteiger partial charge < -0.3 is 19.6 Å². The Morgan fingerprint density at radius 1 is 1.07 bits per heavy atom. The smallest absolute Gasteiger partial charge is 0.307 e. The van der Waals surface area contributed by atoms with Gasteiger partial charge in [0.1, 0.15) is 12.4 Å². The van der Waals surface area contributed by atoms with Crippen LogP contribution >= 0.6 is 0 Å². The molecule has 0 spiro atoms. The van der Waals surface area contributed by atoms with Gasteiger partial charge in [0, 0.05) is 24.3 Å². The average molecular weight is 366 g/mol. The molecule has 0 unspecified atom stereocenters. The highest BCUT2D eigenvalue weighted by atomic mass is 16.5. The van der Waals surface area contributed by atoms with E-state index in [0.29, 0.717) is 13.2 Å². The fourth-order valence-corrected chi connectivity index (χ4v) is 4.14. The first-order valence-electron chi connectivity index (χ1n) is 9.75. The van der Waals surface area contributed by atoms with E-state index in [1.165, 1.54) is 11.3 Å². The Bertz CT molecular complexity index is 760. The summed E-state index contributed by atoms with van der Waals surface area (Å²) < 4.78 is 6.02. The quantitative estimate of drug-likeness (QED) is 0.870. The van der Waals surface area contributed by atoms with Gasteiger partial charge in [0.2, 0.25) is 0 Å². The summed E-state index contributed by atoms with van der Waals surface area (Å²) in [6.45, 7) is 4.05. The summed E-state index contributed by atoms with van der Waals surface area (Å²) in [5, 5.41) is 9.29. The van der Waals surface area contributed by atoms with Gasteiger partial charge in [0.15, 0.2) is 0 Å². The summed E-state index contributed by atoms with van der Waals surface area (Å²) in [5.41, 5.74) is 3.49. The van der Waals surface area contributed by atoms with Gasteiger partial charge in [0.25, 0.3) is 0 Å².